The molecule has 1 aliphatic heterocycles. The number of sulfone groups is 1. The zero-order chi connectivity index (χ0) is 28.1. The Bertz CT molecular complexity index is 1730. The highest BCUT2D eigenvalue weighted by atomic mass is 35.5. The van der Waals surface area contributed by atoms with Crippen molar-refractivity contribution >= 4 is 49.8 Å². The van der Waals surface area contributed by atoms with Gasteiger partial charge in [0.25, 0.3) is 0 Å². The van der Waals surface area contributed by atoms with E-state index in [9.17, 15) is 18.1 Å². The molecule has 202 valence electrons. The lowest BCUT2D eigenvalue weighted by atomic mass is 9.84. The molecule has 0 saturated carbocycles. The van der Waals surface area contributed by atoms with Gasteiger partial charge in [0.05, 0.1) is 26.9 Å². The van der Waals surface area contributed by atoms with Crippen LogP contribution >= 0.6 is 23.2 Å². The molecule has 1 N–H and O–H groups in total. The Morgan fingerprint density at radius 1 is 1.23 bits per heavy atom. The van der Waals surface area contributed by atoms with E-state index >= 15 is 0 Å². The Morgan fingerprint density at radius 3 is 2.56 bits per heavy atom. The number of H-pyrrole nitrogens is 1. The number of aromatic amines is 1. The van der Waals surface area contributed by atoms with E-state index in [1.54, 1.807) is 19.2 Å². The smallest absolute Gasteiger partial charge is 0.167 e. The highest BCUT2D eigenvalue weighted by molar-refractivity contribution is 7.90. The van der Waals surface area contributed by atoms with Crippen LogP contribution in [0.5, 0.6) is 5.75 Å². The Morgan fingerprint density at radius 2 is 1.92 bits per heavy atom. The first-order valence-corrected chi connectivity index (χ1v) is 14.7. The number of rotatable bonds is 7. The van der Waals surface area contributed by atoms with Gasteiger partial charge >= 0.3 is 0 Å². The number of fused-ring (bicyclic) bond motifs is 1. The minimum absolute atomic E-state index is 0.0302. The zero-order valence-corrected chi connectivity index (χ0v) is 23.5. The van der Waals surface area contributed by atoms with E-state index in [0.29, 0.717) is 62.2 Å². The van der Waals surface area contributed by atoms with Gasteiger partial charge in [0.1, 0.15) is 33.5 Å². The molecule has 5 rings (SSSR count). The molecule has 0 spiro atoms. The van der Waals surface area contributed by atoms with E-state index in [2.05, 4.69) is 26.2 Å². The van der Waals surface area contributed by atoms with Gasteiger partial charge in [-0.2, -0.15) is 10.4 Å². The second-order valence-electron chi connectivity index (χ2n) is 10.1. The van der Waals surface area contributed by atoms with Crippen molar-refractivity contribution in [3.8, 4) is 23.1 Å². The quantitative estimate of drug-likeness (QED) is 0.306. The first-order valence-electron chi connectivity index (χ1n) is 11.8. The third kappa shape index (κ3) is 5.37. The lowest BCUT2D eigenvalue weighted by Gasteiger charge is -2.48. The molecular weight excluding hydrogens is 566 g/mol. The summed E-state index contributed by atoms with van der Waals surface area (Å²) in [5, 5.41) is 18.1. The fourth-order valence-corrected chi connectivity index (χ4v) is 7.18. The number of nitrogens with zero attached hydrogens (tertiary/aromatic N) is 5. The van der Waals surface area contributed by atoms with Crippen LogP contribution in [0.2, 0.25) is 10.0 Å². The third-order valence-corrected chi connectivity index (χ3v) is 8.36. The van der Waals surface area contributed by atoms with E-state index in [4.69, 9.17) is 27.9 Å². The molecule has 0 unspecified atom stereocenters. The Kier molecular flexibility index (Phi) is 6.91. The second kappa shape index (κ2) is 9.93. The van der Waals surface area contributed by atoms with E-state index in [1.165, 1.54) is 30.8 Å². The molecule has 13 heteroatoms. The monoisotopic (exact) mass is 588 g/mol. The highest BCUT2D eigenvalue weighted by Crippen LogP contribution is 2.39. The van der Waals surface area contributed by atoms with E-state index in [0.717, 1.165) is 0 Å². The van der Waals surface area contributed by atoms with Gasteiger partial charge in [0, 0.05) is 65.9 Å². The third-order valence-electron chi connectivity index (χ3n) is 6.53. The molecule has 9 nitrogen and oxygen atoms in total. The summed E-state index contributed by atoms with van der Waals surface area (Å²) in [6, 6.07) is 6.63. The number of pyridine rings is 2. The number of nitriles is 1. The van der Waals surface area contributed by atoms with Crippen LogP contribution in [0.25, 0.3) is 22.2 Å². The fraction of sp³-hybridized carbons (Fsp3) is 0.308. The summed E-state index contributed by atoms with van der Waals surface area (Å²) in [5.41, 5.74) is 1.85. The molecule has 3 aromatic heterocycles. The van der Waals surface area contributed by atoms with Gasteiger partial charge < -0.3 is 9.64 Å². The average molecular weight is 589 g/mol. The van der Waals surface area contributed by atoms with E-state index < -0.39 is 27.2 Å². The number of hydrogen-bond donors (Lipinski definition) is 1. The molecule has 0 radical (unpaired) electrons. The van der Waals surface area contributed by atoms with Gasteiger partial charge in [-0.05, 0) is 19.1 Å². The molecule has 1 fully saturated rings. The topological polar surface area (TPSA) is 125 Å². The van der Waals surface area contributed by atoms with Crippen molar-refractivity contribution in [2.24, 2.45) is 5.41 Å². The number of hydrogen-bond acceptors (Lipinski definition) is 8. The van der Waals surface area contributed by atoms with Gasteiger partial charge in [0.2, 0.25) is 0 Å². The number of aromatic nitrogens is 4. The van der Waals surface area contributed by atoms with Crippen molar-refractivity contribution in [2.45, 2.75) is 20.0 Å². The standard InChI is InChI=1S/C26H23Cl2FN6O3S/c1-14(23-18(27)9-31-10-19(23)28)38-22-5-17-21(6-20(22)29)33-34-24(17)16-4-15(7-30)25(32-8-16)35-11-26(2,12-35)13-39(3,36)37/h4-6,8-10,14H,11-13H2,1-3H3,(H,33,34)/t14-/m1/s1. The van der Waals surface area contributed by atoms with Crippen molar-refractivity contribution in [3.05, 3.63) is 63.8 Å². The maximum absolute atomic E-state index is 14.9. The van der Waals surface area contributed by atoms with Crippen LogP contribution in [0.1, 0.15) is 31.1 Å². The summed E-state index contributed by atoms with van der Waals surface area (Å²) in [7, 11) is -3.13. The summed E-state index contributed by atoms with van der Waals surface area (Å²) in [5.74, 6) is -0.0963. The average Bonchev–Trinajstić information content (AvgIpc) is 3.23. The molecule has 4 aromatic rings. The van der Waals surface area contributed by atoms with Crippen LogP contribution in [0.3, 0.4) is 0 Å². The predicted molar refractivity (Wildman–Crippen MR) is 147 cm³/mol. The van der Waals surface area contributed by atoms with Crippen LogP contribution in [-0.4, -0.2) is 53.7 Å². The molecule has 0 amide bonds. The minimum Gasteiger partial charge on any atom is -0.483 e. The van der Waals surface area contributed by atoms with Crippen molar-refractivity contribution in [3.63, 3.8) is 0 Å². The molecule has 4 heterocycles. The summed E-state index contributed by atoms with van der Waals surface area (Å²) in [6.45, 7) is 4.54. The van der Waals surface area contributed by atoms with Crippen LogP contribution in [0.4, 0.5) is 10.2 Å². The van der Waals surface area contributed by atoms with Crippen LogP contribution in [0, 0.1) is 22.6 Å². The minimum atomic E-state index is -3.13. The number of benzene rings is 1. The Labute approximate surface area is 234 Å². The van der Waals surface area contributed by atoms with Crippen LogP contribution in [0.15, 0.2) is 36.8 Å². The lowest BCUT2D eigenvalue weighted by Crippen LogP contribution is -2.58. The lowest BCUT2D eigenvalue weighted by molar-refractivity contribution is 0.217. The van der Waals surface area contributed by atoms with Gasteiger partial charge in [-0.1, -0.05) is 30.1 Å². The van der Waals surface area contributed by atoms with Gasteiger partial charge in [-0.15, -0.1) is 0 Å². The molecule has 1 saturated heterocycles. The van der Waals surface area contributed by atoms with E-state index in [-0.39, 0.29) is 11.5 Å². The normalized spacial score (nSPS) is 15.6. The van der Waals surface area contributed by atoms with Gasteiger partial charge in [-0.25, -0.2) is 17.8 Å². The molecule has 39 heavy (non-hydrogen) atoms. The molecule has 1 aromatic carbocycles. The van der Waals surface area contributed by atoms with Crippen LogP contribution < -0.4 is 9.64 Å². The summed E-state index contributed by atoms with van der Waals surface area (Å²) >= 11 is 12.5. The molecule has 0 bridgehead atoms. The summed E-state index contributed by atoms with van der Waals surface area (Å²) in [6.07, 6.45) is 5.00. The second-order valence-corrected chi connectivity index (χ2v) is 13.1. The SMILES string of the molecule is C[C@@H](Oc1cc2c(-c3cnc(N4CC(C)(CS(C)(=O)=O)C4)c(C#N)c3)n[nH]c2cc1F)c1c(Cl)cncc1Cl. The maximum Gasteiger partial charge on any atom is 0.167 e. The molecular formula is C26H23Cl2FN6O3S. The predicted octanol–water partition coefficient (Wildman–Crippen LogP) is 5.35. The molecule has 1 aliphatic rings. The molecule has 0 aliphatic carbocycles. The zero-order valence-electron chi connectivity index (χ0n) is 21.2. The first-order chi connectivity index (χ1) is 18.4. The van der Waals surface area contributed by atoms with Crippen molar-refractivity contribution < 1.29 is 17.5 Å². The summed E-state index contributed by atoms with van der Waals surface area (Å²) in [4.78, 5) is 10.3. The van der Waals surface area contributed by atoms with Crippen molar-refractivity contribution in [1.82, 2.24) is 20.2 Å². The van der Waals surface area contributed by atoms with Crippen molar-refractivity contribution in [2.75, 3.05) is 30.0 Å². The highest BCUT2D eigenvalue weighted by Gasteiger charge is 2.42. The Balaban J connectivity index is 1.44. The molecule has 1 atom stereocenters. The number of ether oxygens (including phenoxy) is 1. The Hall–Kier alpha value is -3.46. The van der Waals surface area contributed by atoms with Crippen LogP contribution in [-0.2, 0) is 9.84 Å². The number of anilines is 1. The fourth-order valence-electron chi connectivity index (χ4n) is 5.06. The maximum atomic E-state index is 14.9. The summed E-state index contributed by atoms with van der Waals surface area (Å²) < 4.78 is 44.3. The number of nitrogens with one attached hydrogen (secondary N) is 1. The van der Waals surface area contributed by atoms with Crippen molar-refractivity contribution in [1.29, 1.82) is 5.26 Å². The van der Waals surface area contributed by atoms with Gasteiger partial charge in [0.15, 0.2) is 11.6 Å². The van der Waals surface area contributed by atoms with E-state index in [1.807, 2.05) is 11.8 Å². The number of halogens is 3. The van der Waals surface area contributed by atoms with Gasteiger partial charge in [-0.3, -0.25) is 10.1 Å². The first kappa shape index (κ1) is 27.1. The largest absolute Gasteiger partial charge is 0.483 e.